The zero-order valence-electron chi connectivity index (χ0n) is 5.53. The smallest absolute Gasteiger partial charge is 0.110 e. The van der Waals surface area contributed by atoms with Crippen LogP contribution in [0.15, 0.2) is 24.8 Å². The molecule has 0 fully saturated rings. The van der Waals surface area contributed by atoms with E-state index in [2.05, 4.69) is 15.0 Å². The average molecular weight is 166 g/mol. The van der Waals surface area contributed by atoms with Gasteiger partial charge < -0.3 is 0 Å². The third kappa shape index (κ3) is 1.03. The Hall–Kier alpha value is -1.22. The summed E-state index contributed by atoms with van der Waals surface area (Å²) in [6.45, 7) is 0. The van der Waals surface area contributed by atoms with Crippen molar-refractivity contribution in [1.29, 1.82) is 0 Å². The molecule has 2 aromatic rings. The highest BCUT2D eigenvalue weighted by molar-refractivity contribution is 6.34. The maximum absolute atomic E-state index is 5.79. The third-order valence-electron chi connectivity index (χ3n) is 1.34. The predicted molar refractivity (Wildman–Crippen MR) is 42.3 cm³/mol. The molecule has 0 atom stereocenters. The van der Waals surface area contributed by atoms with Crippen LogP contribution in [0.1, 0.15) is 0 Å². The molecule has 0 radical (unpaired) electrons. The number of pyridine rings is 1. The molecule has 2 aromatic heterocycles. The largest absolute Gasteiger partial charge is 0.261 e. The Labute approximate surface area is 68.1 Å². The molecular weight excluding hydrogens is 162 g/mol. The molecular formula is C7H4ClN3. The minimum Gasteiger partial charge on any atom is -0.261 e. The van der Waals surface area contributed by atoms with Gasteiger partial charge in [0.1, 0.15) is 11.0 Å². The normalized spacial score (nSPS) is 10.3. The van der Waals surface area contributed by atoms with Gasteiger partial charge in [-0.05, 0) is 0 Å². The van der Waals surface area contributed by atoms with Crippen molar-refractivity contribution in [3.05, 3.63) is 29.8 Å². The molecule has 0 bridgehead atoms. The van der Waals surface area contributed by atoms with E-state index >= 15 is 0 Å². The zero-order chi connectivity index (χ0) is 7.68. The predicted octanol–water partition coefficient (Wildman–Crippen LogP) is 1.68. The van der Waals surface area contributed by atoms with Crippen LogP contribution in [-0.2, 0) is 0 Å². The van der Waals surface area contributed by atoms with Crippen molar-refractivity contribution in [2.24, 2.45) is 0 Å². The zero-order valence-corrected chi connectivity index (χ0v) is 6.28. The fourth-order valence-corrected chi connectivity index (χ4v) is 1.06. The Bertz CT molecular complexity index is 383. The summed E-state index contributed by atoms with van der Waals surface area (Å²) in [5.74, 6) is 0. The first-order valence-electron chi connectivity index (χ1n) is 3.08. The summed E-state index contributed by atoms with van der Waals surface area (Å²) in [6, 6.07) is 0. The summed E-state index contributed by atoms with van der Waals surface area (Å²) in [7, 11) is 0. The van der Waals surface area contributed by atoms with E-state index in [4.69, 9.17) is 11.6 Å². The molecule has 11 heavy (non-hydrogen) atoms. The Kier molecular flexibility index (Phi) is 1.43. The highest BCUT2D eigenvalue weighted by Crippen LogP contribution is 2.16. The van der Waals surface area contributed by atoms with Crippen molar-refractivity contribution in [1.82, 2.24) is 15.0 Å². The fourth-order valence-electron chi connectivity index (χ4n) is 0.862. The van der Waals surface area contributed by atoms with Crippen LogP contribution < -0.4 is 0 Å². The van der Waals surface area contributed by atoms with Gasteiger partial charge in [-0.1, -0.05) is 11.6 Å². The van der Waals surface area contributed by atoms with Crippen molar-refractivity contribution in [2.75, 3.05) is 0 Å². The first-order valence-corrected chi connectivity index (χ1v) is 3.46. The van der Waals surface area contributed by atoms with Crippen LogP contribution in [0.25, 0.3) is 11.0 Å². The maximum atomic E-state index is 5.79. The molecule has 0 aromatic carbocycles. The molecule has 0 saturated heterocycles. The molecule has 0 saturated carbocycles. The second-order valence-corrected chi connectivity index (χ2v) is 2.45. The summed E-state index contributed by atoms with van der Waals surface area (Å²) in [4.78, 5) is 12.0. The average Bonchev–Trinajstić information content (AvgIpc) is 2.06. The number of fused-ring (bicyclic) bond motifs is 1. The topological polar surface area (TPSA) is 38.7 Å². The minimum absolute atomic E-state index is 0.538. The monoisotopic (exact) mass is 165 g/mol. The van der Waals surface area contributed by atoms with Gasteiger partial charge in [0.2, 0.25) is 0 Å². The number of rotatable bonds is 0. The molecule has 54 valence electrons. The van der Waals surface area contributed by atoms with Crippen LogP contribution in [0, 0.1) is 0 Å². The molecule has 0 unspecified atom stereocenters. The lowest BCUT2D eigenvalue weighted by Gasteiger charge is -1.94. The van der Waals surface area contributed by atoms with Crippen molar-refractivity contribution in [2.45, 2.75) is 0 Å². The van der Waals surface area contributed by atoms with Gasteiger partial charge in [-0.3, -0.25) is 15.0 Å². The van der Waals surface area contributed by atoms with E-state index in [-0.39, 0.29) is 0 Å². The highest BCUT2D eigenvalue weighted by Gasteiger charge is 1.98. The van der Waals surface area contributed by atoms with E-state index in [0.717, 1.165) is 5.52 Å². The minimum atomic E-state index is 0.538. The molecule has 4 heteroatoms. The SMILES string of the molecule is Clc1cncc2nccnc12. The van der Waals surface area contributed by atoms with Crippen LogP contribution in [-0.4, -0.2) is 15.0 Å². The van der Waals surface area contributed by atoms with Crippen molar-refractivity contribution in [3.63, 3.8) is 0 Å². The summed E-state index contributed by atoms with van der Waals surface area (Å²) in [5, 5.41) is 0.538. The Morgan fingerprint density at radius 3 is 2.73 bits per heavy atom. The lowest BCUT2D eigenvalue weighted by atomic mass is 10.4. The van der Waals surface area contributed by atoms with Gasteiger partial charge in [0.15, 0.2) is 0 Å². The molecule has 0 N–H and O–H groups in total. The van der Waals surface area contributed by atoms with Gasteiger partial charge in [0.25, 0.3) is 0 Å². The number of aromatic nitrogens is 3. The van der Waals surface area contributed by atoms with E-state index in [1.54, 1.807) is 24.8 Å². The van der Waals surface area contributed by atoms with E-state index < -0.39 is 0 Å². The Morgan fingerprint density at radius 2 is 1.91 bits per heavy atom. The van der Waals surface area contributed by atoms with Gasteiger partial charge in [0, 0.05) is 18.6 Å². The van der Waals surface area contributed by atoms with Gasteiger partial charge >= 0.3 is 0 Å². The summed E-state index contributed by atoms with van der Waals surface area (Å²) in [5.41, 5.74) is 1.42. The summed E-state index contributed by atoms with van der Waals surface area (Å²) >= 11 is 5.79. The lowest BCUT2D eigenvalue weighted by Crippen LogP contribution is -1.83. The van der Waals surface area contributed by atoms with Crippen LogP contribution in [0.5, 0.6) is 0 Å². The van der Waals surface area contributed by atoms with Gasteiger partial charge in [-0.25, -0.2) is 0 Å². The highest BCUT2D eigenvalue weighted by atomic mass is 35.5. The van der Waals surface area contributed by atoms with Crippen LogP contribution >= 0.6 is 11.6 Å². The molecule has 0 aliphatic rings. The standard InChI is InChI=1S/C7H4ClN3/c8-5-3-9-4-6-7(5)11-2-1-10-6/h1-4H. The molecule has 2 heterocycles. The lowest BCUT2D eigenvalue weighted by molar-refractivity contribution is 1.25. The molecule has 3 nitrogen and oxygen atoms in total. The third-order valence-corrected chi connectivity index (χ3v) is 1.61. The number of hydrogen-bond acceptors (Lipinski definition) is 3. The fraction of sp³-hybridized carbons (Fsp3) is 0. The first kappa shape index (κ1) is 6.49. The van der Waals surface area contributed by atoms with E-state index in [0.29, 0.717) is 10.5 Å². The molecule has 0 amide bonds. The van der Waals surface area contributed by atoms with E-state index in [1.807, 2.05) is 0 Å². The summed E-state index contributed by atoms with van der Waals surface area (Å²) in [6.07, 6.45) is 6.40. The van der Waals surface area contributed by atoms with Crippen molar-refractivity contribution >= 4 is 22.6 Å². The second kappa shape index (κ2) is 2.43. The van der Waals surface area contributed by atoms with Crippen LogP contribution in [0.4, 0.5) is 0 Å². The summed E-state index contributed by atoms with van der Waals surface area (Å²) < 4.78 is 0. The van der Waals surface area contributed by atoms with Crippen LogP contribution in [0.2, 0.25) is 5.02 Å². The maximum Gasteiger partial charge on any atom is 0.110 e. The molecule has 0 aliphatic carbocycles. The van der Waals surface area contributed by atoms with Crippen LogP contribution in [0.3, 0.4) is 0 Å². The number of nitrogens with zero attached hydrogens (tertiary/aromatic N) is 3. The quantitative estimate of drug-likeness (QED) is 0.596. The van der Waals surface area contributed by atoms with Gasteiger partial charge in [0.05, 0.1) is 11.2 Å². The van der Waals surface area contributed by atoms with Crippen molar-refractivity contribution in [3.8, 4) is 0 Å². The first-order chi connectivity index (χ1) is 5.38. The van der Waals surface area contributed by atoms with Crippen molar-refractivity contribution < 1.29 is 0 Å². The molecule has 2 rings (SSSR count). The Morgan fingerprint density at radius 1 is 1.09 bits per heavy atom. The van der Waals surface area contributed by atoms with E-state index in [1.165, 1.54) is 0 Å². The molecule has 0 aliphatic heterocycles. The van der Waals surface area contributed by atoms with Gasteiger partial charge in [-0.2, -0.15) is 0 Å². The number of halogens is 1. The number of hydrogen-bond donors (Lipinski definition) is 0. The molecule has 0 spiro atoms. The Balaban J connectivity index is 2.91. The second-order valence-electron chi connectivity index (χ2n) is 2.05. The van der Waals surface area contributed by atoms with Gasteiger partial charge in [-0.15, -0.1) is 0 Å². The van der Waals surface area contributed by atoms with E-state index in [9.17, 15) is 0 Å².